The van der Waals surface area contributed by atoms with E-state index in [-0.39, 0.29) is 36.7 Å². The lowest BCUT2D eigenvalue weighted by molar-refractivity contribution is 0.0691. The summed E-state index contributed by atoms with van der Waals surface area (Å²) in [5.41, 5.74) is 0.499. The van der Waals surface area contributed by atoms with E-state index >= 15 is 0 Å². The third-order valence-corrected chi connectivity index (χ3v) is 4.86. The summed E-state index contributed by atoms with van der Waals surface area (Å²) >= 11 is 0. The number of hydrogen-bond acceptors (Lipinski definition) is 4. The summed E-state index contributed by atoms with van der Waals surface area (Å²) < 4.78 is 30.8. The van der Waals surface area contributed by atoms with Gasteiger partial charge in [-0.15, -0.1) is 0 Å². The Balaban J connectivity index is 1.44. The Bertz CT molecular complexity index is 996. The number of hydrogen-bond donors (Lipinski definition) is 0. The second kappa shape index (κ2) is 8.39. The zero-order chi connectivity index (χ0) is 20.2. The Kier molecular flexibility index (Phi) is 5.51. The van der Waals surface area contributed by atoms with Crippen LogP contribution in [0.15, 0.2) is 65.1 Å². The highest BCUT2D eigenvalue weighted by Gasteiger charge is 2.34. The fourth-order valence-corrected chi connectivity index (χ4v) is 3.16. The van der Waals surface area contributed by atoms with Crippen molar-refractivity contribution >= 4 is 5.91 Å². The van der Waals surface area contributed by atoms with Gasteiger partial charge >= 0.3 is 0 Å². The van der Waals surface area contributed by atoms with Gasteiger partial charge in [0.1, 0.15) is 18.2 Å². The van der Waals surface area contributed by atoms with Crippen molar-refractivity contribution in [2.45, 2.75) is 32.0 Å². The molecule has 4 rings (SSSR count). The smallest absolute Gasteiger partial charge is 0.290 e. The van der Waals surface area contributed by atoms with Crippen molar-refractivity contribution in [1.29, 1.82) is 0 Å². The molecule has 0 N–H and O–H groups in total. The Morgan fingerprint density at radius 3 is 2.52 bits per heavy atom. The predicted molar refractivity (Wildman–Crippen MR) is 105 cm³/mol. The lowest BCUT2D eigenvalue weighted by Crippen LogP contribution is -2.32. The normalized spacial score (nSPS) is 13.2. The highest BCUT2D eigenvalue weighted by Crippen LogP contribution is 2.31. The Morgan fingerprint density at radius 2 is 1.79 bits per heavy atom. The minimum absolute atomic E-state index is 0.125. The molecule has 1 amide bonds. The number of amides is 1. The van der Waals surface area contributed by atoms with Gasteiger partial charge in [-0.2, -0.15) is 0 Å². The van der Waals surface area contributed by atoms with E-state index in [4.69, 9.17) is 13.9 Å². The molecule has 150 valence electrons. The number of nitrogens with zero attached hydrogens (tertiary/aromatic N) is 1. The van der Waals surface area contributed by atoms with Gasteiger partial charge in [-0.25, -0.2) is 4.39 Å². The summed E-state index contributed by atoms with van der Waals surface area (Å²) in [7, 11) is 1.58. The maximum absolute atomic E-state index is 14.0. The monoisotopic (exact) mass is 395 g/mol. The van der Waals surface area contributed by atoms with Crippen molar-refractivity contribution in [2.75, 3.05) is 7.11 Å². The zero-order valence-electron chi connectivity index (χ0n) is 16.1. The molecule has 0 spiro atoms. The Labute approximate surface area is 168 Å². The van der Waals surface area contributed by atoms with Crippen LogP contribution in [-0.4, -0.2) is 24.0 Å². The molecule has 6 heteroatoms. The summed E-state index contributed by atoms with van der Waals surface area (Å²) in [6.07, 6.45) is 1.84. The average molecular weight is 395 g/mol. The van der Waals surface area contributed by atoms with E-state index in [0.717, 1.165) is 12.8 Å². The Hall–Kier alpha value is -3.28. The van der Waals surface area contributed by atoms with Crippen LogP contribution in [0.1, 0.15) is 34.7 Å². The number of para-hydroxylation sites is 2. The summed E-state index contributed by atoms with van der Waals surface area (Å²) in [5.74, 6) is 1.43. The van der Waals surface area contributed by atoms with Crippen LogP contribution in [0.3, 0.4) is 0 Å². The highest BCUT2D eigenvalue weighted by atomic mass is 19.1. The van der Waals surface area contributed by atoms with Crippen molar-refractivity contribution in [2.24, 2.45) is 0 Å². The van der Waals surface area contributed by atoms with Crippen molar-refractivity contribution < 1.29 is 23.1 Å². The van der Waals surface area contributed by atoms with Crippen LogP contribution < -0.4 is 9.47 Å². The lowest BCUT2D eigenvalue weighted by atomic mass is 10.2. The van der Waals surface area contributed by atoms with E-state index in [1.165, 1.54) is 6.07 Å². The molecule has 1 heterocycles. The van der Waals surface area contributed by atoms with Gasteiger partial charge < -0.3 is 18.8 Å². The molecule has 1 aliphatic rings. The topological polar surface area (TPSA) is 51.9 Å². The van der Waals surface area contributed by atoms with Gasteiger partial charge in [0.25, 0.3) is 5.91 Å². The molecule has 0 unspecified atom stereocenters. The molecule has 0 bridgehead atoms. The molecule has 29 heavy (non-hydrogen) atoms. The van der Waals surface area contributed by atoms with E-state index in [9.17, 15) is 9.18 Å². The summed E-state index contributed by atoms with van der Waals surface area (Å²) in [4.78, 5) is 14.7. The van der Waals surface area contributed by atoms with Crippen molar-refractivity contribution in [1.82, 2.24) is 4.90 Å². The van der Waals surface area contributed by atoms with Crippen molar-refractivity contribution in [3.63, 3.8) is 0 Å². The standard InChI is InChI=1S/C23H22FNO4/c1-27-20-8-4-5-9-21(20)28-15-18-12-13-22(29-18)23(26)25(17-10-11-17)14-16-6-2-3-7-19(16)24/h2-9,12-13,17H,10-11,14-15H2,1H3. The first-order valence-corrected chi connectivity index (χ1v) is 9.54. The zero-order valence-corrected chi connectivity index (χ0v) is 16.1. The molecule has 0 saturated heterocycles. The van der Waals surface area contributed by atoms with Crippen LogP contribution in [0, 0.1) is 5.82 Å². The van der Waals surface area contributed by atoms with Crippen molar-refractivity contribution in [3.8, 4) is 11.5 Å². The lowest BCUT2D eigenvalue weighted by Gasteiger charge is -2.21. The maximum atomic E-state index is 14.0. The highest BCUT2D eigenvalue weighted by molar-refractivity contribution is 5.92. The van der Waals surface area contributed by atoms with Gasteiger partial charge in [-0.1, -0.05) is 30.3 Å². The molecule has 2 aromatic carbocycles. The number of carbonyl (C=O) groups is 1. The largest absolute Gasteiger partial charge is 0.493 e. The average Bonchev–Trinajstić information content (AvgIpc) is 3.48. The fraction of sp³-hybridized carbons (Fsp3) is 0.261. The predicted octanol–water partition coefficient (Wildman–Crippen LogP) is 4.81. The Morgan fingerprint density at radius 1 is 1.07 bits per heavy atom. The quantitative estimate of drug-likeness (QED) is 0.549. The first-order chi connectivity index (χ1) is 14.2. The van der Waals surface area contributed by atoms with Gasteiger partial charge in [0.15, 0.2) is 17.3 Å². The minimum Gasteiger partial charge on any atom is -0.493 e. The number of rotatable bonds is 8. The molecule has 0 aliphatic heterocycles. The van der Waals surface area contributed by atoms with Crippen LogP contribution in [0.2, 0.25) is 0 Å². The van der Waals surface area contributed by atoms with Crippen LogP contribution in [0.4, 0.5) is 4.39 Å². The van der Waals surface area contributed by atoms with Crippen molar-refractivity contribution in [3.05, 3.63) is 83.6 Å². The third kappa shape index (κ3) is 4.42. The third-order valence-electron chi connectivity index (χ3n) is 4.86. The van der Waals surface area contributed by atoms with E-state index in [2.05, 4.69) is 0 Å². The fourth-order valence-electron chi connectivity index (χ4n) is 3.16. The summed E-state index contributed by atoms with van der Waals surface area (Å²) in [6.45, 7) is 0.397. The van der Waals surface area contributed by atoms with Gasteiger partial charge in [0.05, 0.1) is 7.11 Å². The second-order valence-electron chi connectivity index (χ2n) is 6.96. The van der Waals surface area contributed by atoms with E-state index in [1.54, 1.807) is 48.4 Å². The first-order valence-electron chi connectivity index (χ1n) is 9.54. The minimum atomic E-state index is -0.309. The van der Waals surface area contributed by atoms with Crippen LogP contribution in [0.5, 0.6) is 11.5 Å². The molecule has 3 aromatic rings. The number of benzene rings is 2. The van der Waals surface area contributed by atoms with Gasteiger partial charge in [0.2, 0.25) is 0 Å². The molecule has 0 radical (unpaired) electrons. The van der Waals surface area contributed by atoms with Gasteiger partial charge in [0, 0.05) is 18.2 Å². The molecule has 1 saturated carbocycles. The number of halogens is 1. The van der Waals surface area contributed by atoms with Gasteiger partial charge in [-0.3, -0.25) is 4.79 Å². The molecule has 5 nitrogen and oxygen atoms in total. The molecule has 1 fully saturated rings. The summed E-state index contributed by atoms with van der Waals surface area (Å²) in [5, 5.41) is 0. The SMILES string of the molecule is COc1ccccc1OCc1ccc(C(=O)N(Cc2ccccc2F)C2CC2)o1. The summed E-state index contributed by atoms with van der Waals surface area (Å²) in [6, 6.07) is 17.3. The molecule has 1 aromatic heterocycles. The molecular weight excluding hydrogens is 373 g/mol. The molecule has 0 atom stereocenters. The number of methoxy groups -OCH3 is 1. The van der Waals surface area contributed by atoms with E-state index < -0.39 is 0 Å². The number of carbonyl (C=O) groups excluding carboxylic acids is 1. The number of furan rings is 1. The van der Waals surface area contributed by atoms with E-state index in [1.807, 2.05) is 18.2 Å². The maximum Gasteiger partial charge on any atom is 0.290 e. The van der Waals surface area contributed by atoms with Crippen LogP contribution >= 0.6 is 0 Å². The van der Waals surface area contributed by atoms with Crippen LogP contribution in [0.25, 0.3) is 0 Å². The van der Waals surface area contributed by atoms with Gasteiger partial charge in [-0.05, 0) is 43.2 Å². The van der Waals surface area contributed by atoms with Crippen LogP contribution in [-0.2, 0) is 13.2 Å². The number of ether oxygens (including phenoxy) is 2. The molecule has 1 aliphatic carbocycles. The molecular formula is C23H22FNO4. The van der Waals surface area contributed by atoms with E-state index in [0.29, 0.717) is 22.8 Å². The second-order valence-corrected chi connectivity index (χ2v) is 6.96. The first kappa shape index (κ1) is 19.1.